The Labute approximate surface area is 106 Å². The van der Waals surface area contributed by atoms with Crippen molar-refractivity contribution in [2.24, 2.45) is 0 Å². The number of carbonyl (C=O) groups is 1. The molecular weight excluding hydrogens is 235 g/mol. The third-order valence-corrected chi connectivity index (χ3v) is 2.81. The molecule has 1 atom stereocenters. The highest BCUT2D eigenvalue weighted by Gasteiger charge is 2.16. The molecule has 0 fully saturated rings. The third-order valence-electron chi connectivity index (χ3n) is 2.81. The summed E-state index contributed by atoms with van der Waals surface area (Å²) in [5.41, 5.74) is 0.866. The molecule has 1 aromatic carbocycles. The Morgan fingerprint density at radius 3 is 2.78 bits per heavy atom. The summed E-state index contributed by atoms with van der Waals surface area (Å²) in [4.78, 5) is 12.9. The van der Waals surface area contributed by atoms with Crippen molar-refractivity contribution >= 4 is 11.6 Å². The average Bonchev–Trinajstić information content (AvgIpc) is 2.34. The molecule has 0 aromatic heterocycles. The van der Waals surface area contributed by atoms with Crippen molar-refractivity contribution in [3.63, 3.8) is 0 Å². The Morgan fingerprint density at radius 2 is 2.22 bits per heavy atom. The number of aliphatic hydroxyl groups is 1. The van der Waals surface area contributed by atoms with Crippen molar-refractivity contribution in [1.82, 2.24) is 5.32 Å². The van der Waals surface area contributed by atoms with Gasteiger partial charge in [0.05, 0.1) is 6.10 Å². The Hall–Kier alpha value is -1.62. The molecule has 0 aliphatic rings. The normalized spacial score (nSPS) is 12.1. The van der Waals surface area contributed by atoms with Crippen molar-refractivity contribution in [1.29, 1.82) is 0 Å². The molecule has 1 amide bonds. The van der Waals surface area contributed by atoms with Crippen molar-refractivity contribution in [3.8, 4) is 0 Å². The van der Waals surface area contributed by atoms with Gasteiger partial charge in [0, 0.05) is 38.3 Å². The van der Waals surface area contributed by atoms with E-state index in [2.05, 4.69) is 5.32 Å². The molecule has 0 aliphatic heterocycles. The Bertz CT molecular complexity index is 421. The summed E-state index contributed by atoms with van der Waals surface area (Å²) in [5, 5.41) is 12.1. The van der Waals surface area contributed by atoms with Crippen LogP contribution in [0.4, 0.5) is 10.1 Å². The third kappa shape index (κ3) is 3.43. The summed E-state index contributed by atoms with van der Waals surface area (Å²) in [5.74, 6) is -0.508. The van der Waals surface area contributed by atoms with Crippen molar-refractivity contribution in [2.75, 3.05) is 25.5 Å². The van der Waals surface area contributed by atoms with Crippen LogP contribution in [0.1, 0.15) is 25.0 Å². The SMILES string of the molecule is CNC(=O)CCN(C)c1cccc(F)c1C(C)O. The minimum atomic E-state index is -0.886. The van der Waals surface area contributed by atoms with Crippen molar-refractivity contribution < 1.29 is 14.3 Å². The lowest BCUT2D eigenvalue weighted by Crippen LogP contribution is -2.27. The first-order valence-electron chi connectivity index (χ1n) is 5.85. The van der Waals surface area contributed by atoms with Crippen LogP contribution in [0.2, 0.25) is 0 Å². The average molecular weight is 254 g/mol. The predicted octanol–water partition coefficient (Wildman–Crippen LogP) is 1.45. The highest BCUT2D eigenvalue weighted by atomic mass is 19.1. The smallest absolute Gasteiger partial charge is 0.221 e. The zero-order valence-corrected chi connectivity index (χ0v) is 10.9. The van der Waals surface area contributed by atoms with E-state index in [4.69, 9.17) is 0 Å². The summed E-state index contributed by atoms with van der Waals surface area (Å²) < 4.78 is 13.7. The van der Waals surface area contributed by atoms with E-state index < -0.39 is 11.9 Å². The molecule has 4 nitrogen and oxygen atoms in total. The fourth-order valence-corrected chi connectivity index (χ4v) is 1.79. The van der Waals surface area contributed by atoms with Gasteiger partial charge in [-0.3, -0.25) is 4.79 Å². The molecule has 1 unspecified atom stereocenters. The molecule has 0 radical (unpaired) electrons. The molecule has 1 rings (SSSR count). The molecule has 0 heterocycles. The van der Waals surface area contributed by atoms with E-state index in [0.29, 0.717) is 18.7 Å². The van der Waals surface area contributed by atoms with Crippen molar-refractivity contribution in [2.45, 2.75) is 19.4 Å². The number of nitrogens with one attached hydrogen (secondary N) is 1. The van der Waals surface area contributed by atoms with Crippen LogP contribution in [0.15, 0.2) is 18.2 Å². The first-order chi connectivity index (χ1) is 8.47. The highest BCUT2D eigenvalue weighted by Crippen LogP contribution is 2.28. The molecule has 0 saturated carbocycles. The molecular formula is C13H19FN2O2. The number of nitrogens with zero attached hydrogens (tertiary/aromatic N) is 1. The van der Waals surface area contributed by atoms with Crippen LogP contribution >= 0.6 is 0 Å². The van der Waals surface area contributed by atoms with E-state index in [0.717, 1.165) is 0 Å². The predicted molar refractivity (Wildman–Crippen MR) is 69.0 cm³/mol. The summed E-state index contributed by atoms with van der Waals surface area (Å²) in [6.07, 6.45) is -0.563. The van der Waals surface area contributed by atoms with Gasteiger partial charge in [0.25, 0.3) is 0 Å². The standard InChI is InChI=1S/C13H19FN2O2/c1-9(17)13-10(14)5-4-6-11(13)16(3)8-7-12(18)15-2/h4-6,9,17H,7-8H2,1-3H3,(H,15,18). The largest absolute Gasteiger partial charge is 0.389 e. The van der Waals surface area contributed by atoms with E-state index >= 15 is 0 Å². The summed E-state index contributed by atoms with van der Waals surface area (Å²) in [7, 11) is 3.34. The number of carbonyl (C=O) groups excluding carboxylic acids is 1. The molecule has 100 valence electrons. The first kappa shape index (κ1) is 14.4. The monoisotopic (exact) mass is 254 g/mol. The van der Waals surface area contributed by atoms with E-state index in [9.17, 15) is 14.3 Å². The van der Waals surface area contributed by atoms with Crippen LogP contribution in [0.5, 0.6) is 0 Å². The van der Waals surface area contributed by atoms with Crippen LogP contribution in [-0.4, -0.2) is 31.7 Å². The van der Waals surface area contributed by atoms with Gasteiger partial charge in [-0.25, -0.2) is 4.39 Å². The van der Waals surface area contributed by atoms with E-state index in [1.165, 1.54) is 13.0 Å². The molecule has 0 bridgehead atoms. The maximum atomic E-state index is 13.7. The van der Waals surface area contributed by atoms with Crippen LogP contribution in [0.25, 0.3) is 0 Å². The van der Waals surface area contributed by atoms with Gasteiger partial charge in [0.2, 0.25) is 5.91 Å². The van der Waals surface area contributed by atoms with Gasteiger partial charge in [-0.15, -0.1) is 0 Å². The Balaban J connectivity index is 2.88. The van der Waals surface area contributed by atoms with Crippen LogP contribution in [0.3, 0.4) is 0 Å². The Kier molecular flexibility index (Phi) is 5.09. The number of hydrogen-bond acceptors (Lipinski definition) is 3. The number of anilines is 1. The van der Waals surface area contributed by atoms with E-state index in [1.54, 1.807) is 31.1 Å². The quantitative estimate of drug-likeness (QED) is 0.836. The van der Waals surface area contributed by atoms with Gasteiger partial charge >= 0.3 is 0 Å². The van der Waals surface area contributed by atoms with Crippen molar-refractivity contribution in [3.05, 3.63) is 29.6 Å². The van der Waals surface area contributed by atoms with Gasteiger partial charge in [-0.05, 0) is 19.1 Å². The summed E-state index contributed by atoms with van der Waals surface area (Å²) in [6.45, 7) is 1.98. The first-order valence-corrected chi connectivity index (χ1v) is 5.85. The van der Waals surface area contributed by atoms with Gasteiger partial charge < -0.3 is 15.3 Å². The minimum absolute atomic E-state index is 0.0724. The zero-order valence-electron chi connectivity index (χ0n) is 10.9. The molecule has 1 aromatic rings. The fourth-order valence-electron chi connectivity index (χ4n) is 1.79. The molecule has 5 heteroatoms. The second-order valence-corrected chi connectivity index (χ2v) is 4.19. The molecule has 0 saturated heterocycles. The zero-order chi connectivity index (χ0) is 13.7. The lowest BCUT2D eigenvalue weighted by molar-refractivity contribution is -0.120. The number of rotatable bonds is 5. The minimum Gasteiger partial charge on any atom is -0.389 e. The number of halogens is 1. The summed E-state index contributed by atoms with van der Waals surface area (Å²) in [6, 6.07) is 4.64. The van der Waals surface area contributed by atoms with E-state index in [-0.39, 0.29) is 11.5 Å². The number of benzene rings is 1. The second kappa shape index (κ2) is 6.35. The fraction of sp³-hybridized carbons (Fsp3) is 0.462. The lowest BCUT2D eigenvalue weighted by atomic mass is 10.1. The van der Waals surface area contributed by atoms with Crippen LogP contribution in [-0.2, 0) is 4.79 Å². The maximum absolute atomic E-state index is 13.7. The molecule has 18 heavy (non-hydrogen) atoms. The van der Waals surface area contributed by atoms with Crippen LogP contribution < -0.4 is 10.2 Å². The molecule has 0 aliphatic carbocycles. The molecule has 0 spiro atoms. The topological polar surface area (TPSA) is 52.6 Å². The number of hydrogen-bond donors (Lipinski definition) is 2. The lowest BCUT2D eigenvalue weighted by Gasteiger charge is -2.23. The van der Waals surface area contributed by atoms with Gasteiger partial charge in [-0.1, -0.05) is 6.07 Å². The highest BCUT2D eigenvalue weighted by molar-refractivity contribution is 5.76. The number of amides is 1. The van der Waals surface area contributed by atoms with Gasteiger partial charge in [-0.2, -0.15) is 0 Å². The molecule has 2 N–H and O–H groups in total. The van der Waals surface area contributed by atoms with Gasteiger partial charge in [0.15, 0.2) is 0 Å². The van der Waals surface area contributed by atoms with E-state index in [1.807, 2.05) is 0 Å². The Morgan fingerprint density at radius 1 is 1.56 bits per heavy atom. The summed E-state index contributed by atoms with van der Waals surface area (Å²) >= 11 is 0. The second-order valence-electron chi connectivity index (χ2n) is 4.19. The maximum Gasteiger partial charge on any atom is 0.221 e. The van der Waals surface area contributed by atoms with Gasteiger partial charge in [0.1, 0.15) is 5.82 Å². The number of aliphatic hydroxyl groups excluding tert-OH is 1. The van der Waals surface area contributed by atoms with Crippen LogP contribution in [0, 0.1) is 5.82 Å².